The molecule has 7 rings (SSSR count). The maximum atomic E-state index is 13.5. The van der Waals surface area contributed by atoms with Gasteiger partial charge in [-0.3, -0.25) is 9.88 Å². The highest BCUT2D eigenvalue weighted by atomic mass is 19.1. The molecule has 0 spiro atoms. The highest BCUT2D eigenvalue weighted by molar-refractivity contribution is 5.74. The summed E-state index contributed by atoms with van der Waals surface area (Å²) in [5.41, 5.74) is 3.28. The fraction of sp³-hybridized carbons (Fsp3) is 0.464. The molecule has 0 aromatic carbocycles. The Labute approximate surface area is 230 Å². The standard InChI is InChI=1S/C28H29FN8O3/c1-18-26(33-34-37(18)22-4-7-35(8-5-22)23-15-38-16-23)19-10-24(27-20(11-30)12-32-36(27)14-19)39-17-28(6-9-40-28)25-3-2-21(29)13-31-25/h2-3,10,12-14,22-23H,4-9,15-17H2,1H3/t28-/m0/s1. The van der Waals surface area contributed by atoms with Crippen molar-refractivity contribution in [2.75, 3.05) is 39.5 Å². The van der Waals surface area contributed by atoms with Crippen molar-refractivity contribution in [2.24, 2.45) is 0 Å². The van der Waals surface area contributed by atoms with E-state index in [-0.39, 0.29) is 12.6 Å². The summed E-state index contributed by atoms with van der Waals surface area (Å²) >= 11 is 0. The van der Waals surface area contributed by atoms with Crippen molar-refractivity contribution in [3.05, 3.63) is 59.6 Å². The van der Waals surface area contributed by atoms with Gasteiger partial charge in [0.05, 0.1) is 55.7 Å². The van der Waals surface area contributed by atoms with E-state index in [1.807, 2.05) is 23.9 Å². The van der Waals surface area contributed by atoms with Gasteiger partial charge in [0.25, 0.3) is 0 Å². The number of halogens is 1. The third-order valence-corrected chi connectivity index (χ3v) is 8.42. The molecule has 0 aliphatic carbocycles. The zero-order valence-corrected chi connectivity index (χ0v) is 22.2. The first-order valence-electron chi connectivity index (χ1n) is 13.6. The van der Waals surface area contributed by atoms with Crippen LogP contribution in [0.5, 0.6) is 5.75 Å². The van der Waals surface area contributed by atoms with E-state index in [0.717, 1.165) is 56.1 Å². The van der Waals surface area contributed by atoms with E-state index >= 15 is 0 Å². The maximum absolute atomic E-state index is 13.5. The minimum Gasteiger partial charge on any atom is -0.488 e. The molecule has 3 fully saturated rings. The van der Waals surface area contributed by atoms with Gasteiger partial charge in [-0.2, -0.15) is 10.4 Å². The van der Waals surface area contributed by atoms with Crippen molar-refractivity contribution in [1.82, 2.24) is 34.5 Å². The van der Waals surface area contributed by atoms with Gasteiger partial charge in [0, 0.05) is 31.3 Å². The van der Waals surface area contributed by atoms with Gasteiger partial charge in [0.1, 0.15) is 46.6 Å². The Morgan fingerprint density at radius 1 is 1.20 bits per heavy atom. The molecule has 3 aliphatic rings. The summed E-state index contributed by atoms with van der Waals surface area (Å²) in [6, 6.07) is 7.90. The van der Waals surface area contributed by atoms with E-state index in [1.54, 1.807) is 10.6 Å². The lowest BCUT2D eigenvalue weighted by Gasteiger charge is -2.41. The number of aromatic nitrogens is 6. The number of nitriles is 1. The molecule has 0 radical (unpaired) electrons. The monoisotopic (exact) mass is 544 g/mol. The number of nitrogens with zero attached hydrogens (tertiary/aromatic N) is 8. The zero-order valence-electron chi connectivity index (χ0n) is 22.2. The van der Waals surface area contributed by atoms with Crippen LogP contribution in [0.4, 0.5) is 4.39 Å². The lowest BCUT2D eigenvalue weighted by atomic mass is 9.91. The van der Waals surface area contributed by atoms with E-state index in [4.69, 9.17) is 14.2 Å². The fourth-order valence-electron chi connectivity index (χ4n) is 5.87. The van der Waals surface area contributed by atoms with Crippen LogP contribution in [-0.4, -0.2) is 80.1 Å². The van der Waals surface area contributed by atoms with Crippen molar-refractivity contribution >= 4 is 5.52 Å². The first-order valence-corrected chi connectivity index (χ1v) is 13.6. The second kappa shape index (κ2) is 9.92. The van der Waals surface area contributed by atoms with Crippen LogP contribution in [0.15, 0.2) is 36.8 Å². The molecule has 4 aromatic rings. The molecule has 0 N–H and O–H groups in total. The van der Waals surface area contributed by atoms with E-state index in [1.165, 1.54) is 18.5 Å². The lowest BCUT2D eigenvalue weighted by molar-refractivity contribution is -0.175. The van der Waals surface area contributed by atoms with Gasteiger partial charge in [-0.1, -0.05) is 5.21 Å². The van der Waals surface area contributed by atoms with E-state index in [9.17, 15) is 9.65 Å². The van der Waals surface area contributed by atoms with E-state index < -0.39 is 11.4 Å². The van der Waals surface area contributed by atoms with Crippen LogP contribution < -0.4 is 4.74 Å². The Morgan fingerprint density at radius 3 is 2.67 bits per heavy atom. The molecule has 1 atom stereocenters. The second-order valence-corrected chi connectivity index (χ2v) is 10.7. The molecule has 206 valence electrons. The summed E-state index contributed by atoms with van der Waals surface area (Å²) < 4.78 is 34.8. The number of piperidine rings is 1. The first-order chi connectivity index (χ1) is 19.5. The molecule has 0 unspecified atom stereocenters. The normalized spacial score (nSPS) is 22.1. The van der Waals surface area contributed by atoms with Crippen LogP contribution in [0.2, 0.25) is 0 Å². The first kappa shape index (κ1) is 25.1. The minimum atomic E-state index is -0.785. The van der Waals surface area contributed by atoms with Crippen LogP contribution in [-0.2, 0) is 15.1 Å². The smallest absolute Gasteiger partial charge is 0.147 e. The SMILES string of the molecule is Cc1c(-c2cc(OC[C@]3(c4ccc(F)cn4)CCO3)c3c(C#N)cnn3c2)nnn1C1CCN(C2COC2)CC1. The highest BCUT2D eigenvalue weighted by Gasteiger charge is 2.43. The molecule has 4 aromatic heterocycles. The number of pyridine rings is 2. The summed E-state index contributed by atoms with van der Waals surface area (Å²) in [5, 5.41) is 23.2. The average molecular weight is 545 g/mol. The van der Waals surface area contributed by atoms with Crippen molar-refractivity contribution in [3.8, 4) is 23.1 Å². The maximum Gasteiger partial charge on any atom is 0.147 e. The Bertz CT molecular complexity index is 1580. The van der Waals surface area contributed by atoms with E-state index in [0.29, 0.717) is 41.6 Å². The lowest BCUT2D eigenvalue weighted by Crippen LogP contribution is -2.52. The predicted octanol–water partition coefficient (Wildman–Crippen LogP) is 3.04. The number of hydrogen-bond donors (Lipinski definition) is 0. The van der Waals surface area contributed by atoms with Gasteiger partial charge >= 0.3 is 0 Å². The van der Waals surface area contributed by atoms with Gasteiger partial charge < -0.3 is 14.2 Å². The van der Waals surface area contributed by atoms with Gasteiger partial charge in [-0.25, -0.2) is 13.6 Å². The number of hydrogen-bond acceptors (Lipinski definition) is 9. The van der Waals surface area contributed by atoms with Gasteiger partial charge in [-0.15, -0.1) is 5.10 Å². The van der Waals surface area contributed by atoms with Crippen molar-refractivity contribution in [2.45, 2.75) is 43.9 Å². The summed E-state index contributed by atoms with van der Waals surface area (Å²) in [5.74, 6) is 0.0712. The molecule has 40 heavy (non-hydrogen) atoms. The Morgan fingerprint density at radius 2 is 2.02 bits per heavy atom. The third kappa shape index (κ3) is 4.21. The fourth-order valence-corrected chi connectivity index (χ4v) is 5.87. The van der Waals surface area contributed by atoms with Gasteiger partial charge in [0.15, 0.2) is 0 Å². The molecule has 0 amide bonds. The predicted molar refractivity (Wildman–Crippen MR) is 140 cm³/mol. The number of ether oxygens (including phenoxy) is 3. The Hall–Kier alpha value is -3.92. The Balaban J connectivity index is 1.17. The van der Waals surface area contributed by atoms with Crippen LogP contribution >= 0.6 is 0 Å². The minimum absolute atomic E-state index is 0.150. The largest absolute Gasteiger partial charge is 0.488 e. The molecule has 0 bridgehead atoms. The van der Waals surface area contributed by atoms with Crippen LogP contribution in [0.25, 0.3) is 16.8 Å². The average Bonchev–Trinajstić information content (AvgIpc) is 3.51. The molecular weight excluding hydrogens is 515 g/mol. The summed E-state index contributed by atoms with van der Waals surface area (Å²) in [7, 11) is 0. The third-order valence-electron chi connectivity index (χ3n) is 8.42. The number of likely N-dealkylation sites (tertiary alicyclic amines) is 1. The Kier molecular flexibility index (Phi) is 6.22. The summed E-state index contributed by atoms with van der Waals surface area (Å²) in [6.07, 6.45) is 7.26. The quantitative estimate of drug-likeness (QED) is 0.346. The second-order valence-electron chi connectivity index (χ2n) is 10.7. The van der Waals surface area contributed by atoms with Gasteiger partial charge in [-0.05, 0) is 38.0 Å². The highest BCUT2D eigenvalue weighted by Crippen LogP contribution is 2.39. The molecule has 12 heteroatoms. The molecule has 0 saturated carbocycles. The topological polar surface area (TPSA) is 116 Å². The number of fused-ring (bicyclic) bond motifs is 1. The van der Waals surface area contributed by atoms with Gasteiger partial charge in [0.2, 0.25) is 0 Å². The van der Waals surface area contributed by atoms with Crippen LogP contribution in [0, 0.1) is 24.1 Å². The molecule has 3 saturated heterocycles. The molecule has 7 heterocycles. The molecule has 11 nitrogen and oxygen atoms in total. The number of rotatable bonds is 7. The van der Waals surface area contributed by atoms with E-state index in [2.05, 4.69) is 31.4 Å². The van der Waals surface area contributed by atoms with Crippen molar-refractivity contribution in [3.63, 3.8) is 0 Å². The van der Waals surface area contributed by atoms with Crippen molar-refractivity contribution in [1.29, 1.82) is 5.26 Å². The summed E-state index contributed by atoms with van der Waals surface area (Å²) in [6.45, 7) is 6.45. The molecular formula is C28H29FN8O3. The molecule has 3 aliphatic heterocycles. The van der Waals surface area contributed by atoms with Crippen molar-refractivity contribution < 1.29 is 18.6 Å². The zero-order chi connectivity index (χ0) is 27.3. The van der Waals surface area contributed by atoms with Crippen LogP contribution in [0.1, 0.15) is 42.3 Å². The summed E-state index contributed by atoms with van der Waals surface area (Å²) in [4.78, 5) is 6.75. The van der Waals surface area contributed by atoms with Crippen LogP contribution in [0.3, 0.4) is 0 Å².